The lowest BCUT2D eigenvalue weighted by Crippen LogP contribution is -2.12. The second kappa shape index (κ2) is 4.91. The molecule has 0 amide bonds. The van der Waals surface area contributed by atoms with Crippen molar-refractivity contribution in [3.63, 3.8) is 0 Å². The van der Waals surface area contributed by atoms with Gasteiger partial charge in [-0.3, -0.25) is 0 Å². The van der Waals surface area contributed by atoms with Crippen molar-refractivity contribution < 1.29 is 23.0 Å². The van der Waals surface area contributed by atoms with Gasteiger partial charge in [0.05, 0.1) is 0 Å². The van der Waals surface area contributed by atoms with Crippen molar-refractivity contribution >= 4 is 0 Å². The first-order valence-electron chi connectivity index (χ1n) is 4.50. The number of benzene rings is 1. The minimum absolute atomic E-state index is 0.238. The zero-order valence-electron chi connectivity index (χ0n) is 8.14. The number of phenols is 1. The van der Waals surface area contributed by atoms with Gasteiger partial charge in [0.25, 0.3) is 0 Å². The summed E-state index contributed by atoms with van der Waals surface area (Å²) < 4.78 is 43.3. The summed E-state index contributed by atoms with van der Waals surface area (Å²) in [5.41, 5.74) is 0. The van der Waals surface area contributed by atoms with E-state index in [1.54, 1.807) is 6.92 Å². The second-order valence-corrected chi connectivity index (χ2v) is 3.03. The van der Waals surface area contributed by atoms with Crippen molar-refractivity contribution in [1.29, 1.82) is 0 Å². The van der Waals surface area contributed by atoms with Gasteiger partial charge in [0.15, 0.2) is 11.5 Å². The number of ether oxygens (including phenoxy) is 1. The summed E-state index contributed by atoms with van der Waals surface area (Å²) in [5.74, 6) is -3.90. The molecule has 1 N–H and O–H groups in total. The van der Waals surface area contributed by atoms with Crippen molar-refractivity contribution in [3.05, 3.63) is 23.8 Å². The highest BCUT2D eigenvalue weighted by Gasteiger charge is 2.14. The van der Waals surface area contributed by atoms with Gasteiger partial charge in [0.1, 0.15) is 12.8 Å². The fourth-order valence-corrected chi connectivity index (χ4v) is 0.931. The van der Waals surface area contributed by atoms with E-state index in [1.165, 1.54) is 0 Å². The van der Waals surface area contributed by atoms with Crippen LogP contribution in [0.15, 0.2) is 12.1 Å². The molecule has 2 nitrogen and oxygen atoms in total. The molecule has 0 aliphatic rings. The Bertz CT molecular complexity index is 342. The smallest absolute Gasteiger partial charge is 0.204 e. The monoisotopic (exact) mass is 220 g/mol. The van der Waals surface area contributed by atoms with E-state index in [-0.39, 0.29) is 13.0 Å². The summed E-state index contributed by atoms with van der Waals surface area (Å²) in [7, 11) is 0. The number of halogens is 3. The molecule has 0 radical (unpaired) electrons. The standard InChI is InChI=1S/C10H11F3O2/c1-2-6(11)5-15-8-4-3-7(14)9(12)10(8)13/h3-4,6,14H,2,5H2,1H3. The topological polar surface area (TPSA) is 29.5 Å². The normalized spacial score (nSPS) is 12.5. The van der Waals surface area contributed by atoms with Gasteiger partial charge in [-0.1, -0.05) is 6.92 Å². The molecule has 0 saturated heterocycles. The second-order valence-electron chi connectivity index (χ2n) is 3.03. The average Bonchev–Trinajstić information content (AvgIpc) is 2.24. The molecule has 0 spiro atoms. The van der Waals surface area contributed by atoms with Crippen molar-refractivity contribution in [1.82, 2.24) is 0 Å². The molecular weight excluding hydrogens is 209 g/mol. The predicted molar refractivity (Wildman–Crippen MR) is 48.7 cm³/mol. The van der Waals surface area contributed by atoms with Crippen LogP contribution in [0.3, 0.4) is 0 Å². The molecule has 5 heteroatoms. The Labute approximate surface area is 85.3 Å². The van der Waals surface area contributed by atoms with Crippen molar-refractivity contribution in [3.8, 4) is 11.5 Å². The van der Waals surface area contributed by atoms with E-state index in [4.69, 9.17) is 9.84 Å². The third kappa shape index (κ3) is 2.78. The summed E-state index contributed by atoms with van der Waals surface area (Å²) >= 11 is 0. The Morgan fingerprint density at radius 3 is 2.60 bits per heavy atom. The molecule has 0 aliphatic heterocycles. The van der Waals surface area contributed by atoms with Gasteiger partial charge >= 0.3 is 0 Å². The van der Waals surface area contributed by atoms with Crippen molar-refractivity contribution in [2.45, 2.75) is 19.5 Å². The van der Waals surface area contributed by atoms with Gasteiger partial charge in [0, 0.05) is 0 Å². The molecule has 0 heterocycles. The highest BCUT2D eigenvalue weighted by atomic mass is 19.2. The Morgan fingerprint density at radius 1 is 1.33 bits per heavy atom. The summed E-state index contributed by atoms with van der Waals surface area (Å²) in [4.78, 5) is 0. The molecule has 0 bridgehead atoms. The highest BCUT2D eigenvalue weighted by Crippen LogP contribution is 2.26. The van der Waals surface area contributed by atoms with Crippen LogP contribution in [0.1, 0.15) is 13.3 Å². The molecule has 0 aromatic heterocycles. The Morgan fingerprint density at radius 2 is 2.00 bits per heavy atom. The Hall–Kier alpha value is -1.39. The van der Waals surface area contributed by atoms with E-state index in [9.17, 15) is 13.2 Å². The van der Waals surface area contributed by atoms with E-state index in [1.807, 2.05) is 0 Å². The van der Waals surface area contributed by atoms with Crippen LogP contribution in [-0.4, -0.2) is 17.9 Å². The molecule has 1 unspecified atom stereocenters. The van der Waals surface area contributed by atoms with Crippen LogP contribution in [0.25, 0.3) is 0 Å². The summed E-state index contributed by atoms with van der Waals surface area (Å²) in [6, 6.07) is 2.00. The average molecular weight is 220 g/mol. The van der Waals surface area contributed by atoms with E-state index < -0.39 is 29.3 Å². The maximum atomic E-state index is 13.0. The van der Waals surface area contributed by atoms with Gasteiger partial charge in [-0.05, 0) is 18.6 Å². The number of alkyl halides is 1. The highest BCUT2D eigenvalue weighted by molar-refractivity contribution is 5.33. The quantitative estimate of drug-likeness (QED) is 0.845. The lowest BCUT2D eigenvalue weighted by Gasteiger charge is -2.09. The third-order valence-corrected chi connectivity index (χ3v) is 1.89. The van der Waals surface area contributed by atoms with Crippen LogP contribution in [0.5, 0.6) is 11.5 Å². The zero-order chi connectivity index (χ0) is 11.4. The van der Waals surface area contributed by atoms with Gasteiger partial charge in [-0.25, -0.2) is 4.39 Å². The van der Waals surface area contributed by atoms with Crippen LogP contribution in [-0.2, 0) is 0 Å². The molecule has 1 atom stereocenters. The molecule has 1 aromatic rings. The first-order chi connectivity index (χ1) is 7.06. The molecule has 1 rings (SSSR count). The van der Waals surface area contributed by atoms with Crippen LogP contribution < -0.4 is 4.74 Å². The molecular formula is C10H11F3O2. The van der Waals surface area contributed by atoms with Crippen LogP contribution in [0.2, 0.25) is 0 Å². The summed E-state index contributed by atoms with van der Waals surface area (Å²) in [6.45, 7) is 1.28. The Balaban J connectivity index is 2.74. The molecule has 15 heavy (non-hydrogen) atoms. The summed E-state index contributed by atoms with van der Waals surface area (Å²) in [6.07, 6.45) is -0.983. The van der Waals surface area contributed by atoms with E-state index in [2.05, 4.69) is 0 Å². The minimum atomic E-state index is -1.39. The zero-order valence-corrected chi connectivity index (χ0v) is 8.14. The molecule has 0 fully saturated rings. The maximum absolute atomic E-state index is 13.0. The first-order valence-corrected chi connectivity index (χ1v) is 4.50. The van der Waals surface area contributed by atoms with E-state index in [0.29, 0.717) is 0 Å². The van der Waals surface area contributed by atoms with Crippen LogP contribution >= 0.6 is 0 Å². The lowest BCUT2D eigenvalue weighted by atomic mass is 10.3. The van der Waals surface area contributed by atoms with Crippen molar-refractivity contribution in [2.24, 2.45) is 0 Å². The number of phenolic OH excluding ortho intramolecular Hbond substituents is 1. The van der Waals surface area contributed by atoms with Gasteiger partial charge in [-0.2, -0.15) is 8.78 Å². The lowest BCUT2D eigenvalue weighted by molar-refractivity contribution is 0.184. The number of rotatable bonds is 4. The molecule has 0 aliphatic carbocycles. The largest absolute Gasteiger partial charge is 0.505 e. The number of aromatic hydroxyl groups is 1. The van der Waals surface area contributed by atoms with Crippen molar-refractivity contribution in [2.75, 3.05) is 6.61 Å². The van der Waals surface area contributed by atoms with Gasteiger partial charge in [0.2, 0.25) is 11.6 Å². The van der Waals surface area contributed by atoms with E-state index in [0.717, 1.165) is 12.1 Å². The molecule has 1 aromatic carbocycles. The maximum Gasteiger partial charge on any atom is 0.204 e. The van der Waals surface area contributed by atoms with Crippen LogP contribution in [0.4, 0.5) is 13.2 Å². The first kappa shape index (κ1) is 11.7. The van der Waals surface area contributed by atoms with Gasteiger partial charge < -0.3 is 9.84 Å². The fourth-order valence-electron chi connectivity index (χ4n) is 0.931. The minimum Gasteiger partial charge on any atom is -0.505 e. The molecule has 84 valence electrons. The summed E-state index contributed by atoms with van der Waals surface area (Å²) in [5, 5.41) is 8.80. The molecule has 0 saturated carbocycles. The SMILES string of the molecule is CCC(F)COc1ccc(O)c(F)c1F. The number of hydrogen-bond donors (Lipinski definition) is 1. The third-order valence-electron chi connectivity index (χ3n) is 1.89. The fraction of sp³-hybridized carbons (Fsp3) is 0.400. The van der Waals surface area contributed by atoms with E-state index >= 15 is 0 Å². The predicted octanol–water partition coefficient (Wildman–Crippen LogP) is 2.80. The van der Waals surface area contributed by atoms with Crippen LogP contribution in [0, 0.1) is 11.6 Å². The number of hydrogen-bond acceptors (Lipinski definition) is 2. The Kier molecular flexibility index (Phi) is 3.82. The van der Waals surface area contributed by atoms with Gasteiger partial charge in [-0.15, -0.1) is 0 Å².